The minimum absolute atomic E-state index is 0.0330. The third-order valence-electron chi connectivity index (χ3n) is 2.82. The van der Waals surface area contributed by atoms with Gasteiger partial charge in [-0.05, 0) is 25.0 Å². The Labute approximate surface area is 118 Å². The normalized spacial score (nSPS) is 14.0. The highest BCUT2D eigenvalue weighted by Crippen LogP contribution is 2.31. The van der Waals surface area contributed by atoms with Crippen molar-refractivity contribution >= 4 is 28.2 Å². The lowest BCUT2D eigenvalue weighted by atomic mass is 10.4. The first-order valence-corrected chi connectivity index (χ1v) is 6.95. The Hall–Kier alpha value is -2.29. The molecule has 1 aliphatic rings. The van der Waals surface area contributed by atoms with Gasteiger partial charge in [0.2, 0.25) is 5.91 Å². The number of anilines is 1. The molecule has 0 atom stereocenters. The second kappa shape index (κ2) is 5.37. The Morgan fingerprint density at radius 1 is 1.40 bits per heavy atom. The summed E-state index contributed by atoms with van der Waals surface area (Å²) in [5, 5.41) is 19.4. The Morgan fingerprint density at radius 2 is 2.25 bits per heavy atom. The average Bonchev–Trinajstić information content (AvgIpc) is 2.98. The van der Waals surface area contributed by atoms with Gasteiger partial charge in [-0.2, -0.15) is 5.21 Å². The predicted molar refractivity (Wildman–Crippen MR) is 71.0 cm³/mol. The van der Waals surface area contributed by atoms with E-state index in [2.05, 4.69) is 31.3 Å². The maximum absolute atomic E-state index is 11.9. The molecule has 2 heterocycles. The number of carbonyl (C=O) groups excluding carboxylic acids is 2. The zero-order chi connectivity index (χ0) is 13.9. The molecule has 2 aromatic rings. The summed E-state index contributed by atoms with van der Waals surface area (Å²) in [6.45, 7) is 0.205. The van der Waals surface area contributed by atoms with Crippen LogP contribution in [-0.4, -0.2) is 32.4 Å². The summed E-state index contributed by atoms with van der Waals surface area (Å²) in [6.07, 6.45) is 1.91. The molecule has 0 saturated heterocycles. The summed E-state index contributed by atoms with van der Waals surface area (Å²) < 4.78 is 0. The number of tetrazole rings is 1. The van der Waals surface area contributed by atoms with E-state index in [1.54, 1.807) is 12.1 Å². The molecule has 1 aliphatic carbocycles. The van der Waals surface area contributed by atoms with E-state index >= 15 is 0 Å². The maximum Gasteiger partial charge on any atom is 0.261 e. The molecule has 8 nitrogen and oxygen atoms in total. The average molecular weight is 292 g/mol. The molecule has 1 saturated carbocycles. The van der Waals surface area contributed by atoms with Crippen LogP contribution < -0.4 is 10.6 Å². The predicted octanol–water partition coefficient (Wildman–Crippen LogP) is 0.540. The lowest BCUT2D eigenvalue weighted by molar-refractivity contribution is -0.117. The van der Waals surface area contributed by atoms with Gasteiger partial charge < -0.3 is 10.6 Å². The monoisotopic (exact) mass is 292 g/mol. The quantitative estimate of drug-likeness (QED) is 0.744. The van der Waals surface area contributed by atoms with Crippen LogP contribution in [0.15, 0.2) is 12.1 Å². The minimum Gasteiger partial charge on any atom is -0.344 e. The van der Waals surface area contributed by atoms with Crippen molar-refractivity contribution in [3.63, 3.8) is 0 Å². The maximum atomic E-state index is 11.9. The lowest BCUT2D eigenvalue weighted by Gasteiger charge is -2.00. The minimum atomic E-state index is -0.230. The van der Waals surface area contributed by atoms with Crippen LogP contribution in [0.4, 0.5) is 5.00 Å². The summed E-state index contributed by atoms with van der Waals surface area (Å²) in [6, 6.07) is 3.41. The molecular weight excluding hydrogens is 280 g/mol. The van der Waals surface area contributed by atoms with Crippen LogP contribution in [0, 0.1) is 5.92 Å². The number of aromatic nitrogens is 4. The van der Waals surface area contributed by atoms with E-state index in [9.17, 15) is 9.59 Å². The number of nitrogens with zero attached hydrogens (tertiary/aromatic N) is 3. The van der Waals surface area contributed by atoms with Crippen molar-refractivity contribution < 1.29 is 9.59 Å². The molecular formula is C11H12N6O2S. The molecule has 20 heavy (non-hydrogen) atoms. The van der Waals surface area contributed by atoms with E-state index in [4.69, 9.17) is 0 Å². The molecule has 104 valence electrons. The SMILES string of the molecule is O=C(NCc1nn[nH]n1)c1ccc(NC(=O)C2CC2)s1. The van der Waals surface area contributed by atoms with E-state index < -0.39 is 0 Å². The molecule has 0 bridgehead atoms. The summed E-state index contributed by atoms with van der Waals surface area (Å²) in [5.74, 6) is 0.363. The molecule has 0 radical (unpaired) electrons. The summed E-state index contributed by atoms with van der Waals surface area (Å²) in [7, 11) is 0. The van der Waals surface area contributed by atoms with Gasteiger partial charge in [0.1, 0.15) is 0 Å². The van der Waals surface area contributed by atoms with Gasteiger partial charge in [-0.25, -0.2) is 0 Å². The highest BCUT2D eigenvalue weighted by atomic mass is 32.1. The number of hydrogen-bond donors (Lipinski definition) is 3. The number of nitrogens with one attached hydrogen (secondary N) is 3. The molecule has 0 spiro atoms. The largest absolute Gasteiger partial charge is 0.344 e. The molecule has 3 N–H and O–H groups in total. The molecule has 0 aromatic carbocycles. The van der Waals surface area contributed by atoms with E-state index in [-0.39, 0.29) is 24.3 Å². The van der Waals surface area contributed by atoms with Crippen molar-refractivity contribution in [3.05, 3.63) is 22.8 Å². The lowest BCUT2D eigenvalue weighted by Crippen LogP contribution is -2.22. The van der Waals surface area contributed by atoms with Crippen molar-refractivity contribution in [2.24, 2.45) is 5.92 Å². The highest BCUT2D eigenvalue weighted by Gasteiger charge is 2.29. The fourth-order valence-corrected chi connectivity index (χ4v) is 2.43. The van der Waals surface area contributed by atoms with Crippen molar-refractivity contribution in [2.45, 2.75) is 19.4 Å². The van der Waals surface area contributed by atoms with Gasteiger partial charge >= 0.3 is 0 Å². The van der Waals surface area contributed by atoms with Crippen LogP contribution in [-0.2, 0) is 11.3 Å². The van der Waals surface area contributed by atoms with Crippen molar-refractivity contribution in [1.82, 2.24) is 25.9 Å². The molecule has 2 aromatic heterocycles. The third-order valence-corrected chi connectivity index (χ3v) is 3.82. The van der Waals surface area contributed by atoms with Gasteiger partial charge in [-0.3, -0.25) is 9.59 Å². The third kappa shape index (κ3) is 2.99. The first-order chi connectivity index (χ1) is 9.72. The number of rotatable bonds is 5. The Bertz CT molecular complexity index is 619. The molecule has 2 amide bonds. The van der Waals surface area contributed by atoms with Gasteiger partial charge in [-0.15, -0.1) is 21.5 Å². The van der Waals surface area contributed by atoms with Gasteiger partial charge in [0.05, 0.1) is 16.4 Å². The van der Waals surface area contributed by atoms with Gasteiger partial charge in [0, 0.05) is 5.92 Å². The molecule has 1 fully saturated rings. The van der Waals surface area contributed by atoms with Gasteiger partial charge in [0.15, 0.2) is 5.82 Å². The zero-order valence-corrected chi connectivity index (χ0v) is 11.2. The van der Waals surface area contributed by atoms with E-state index in [1.807, 2.05) is 0 Å². The molecule has 3 rings (SSSR count). The van der Waals surface area contributed by atoms with Crippen LogP contribution in [0.2, 0.25) is 0 Å². The number of thiophene rings is 1. The number of aromatic amines is 1. The summed E-state index contributed by atoms with van der Waals surface area (Å²) in [5.41, 5.74) is 0. The van der Waals surface area contributed by atoms with Gasteiger partial charge in [-0.1, -0.05) is 5.21 Å². The van der Waals surface area contributed by atoms with Crippen molar-refractivity contribution in [2.75, 3.05) is 5.32 Å². The first kappa shape index (κ1) is 12.7. The topological polar surface area (TPSA) is 113 Å². The second-order valence-corrected chi connectivity index (χ2v) is 5.52. The molecule has 0 unspecified atom stereocenters. The van der Waals surface area contributed by atoms with Crippen LogP contribution in [0.3, 0.4) is 0 Å². The van der Waals surface area contributed by atoms with E-state index in [0.717, 1.165) is 12.8 Å². The number of amides is 2. The standard InChI is InChI=1S/C11H12N6O2S/c18-10(6-1-2-6)13-9-4-3-7(20-9)11(19)12-5-8-14-16-17-15-8/h3-4,6H,1-2,5H2,(H,12,19)(H,13,18)(H,14,15,16,17). The smallest absolute Gasteiger partial charge is 0.261 e. The molecule has 0 aliphatic heterocycles. The van der Waals surface area contributed by atoms with Gasteiger partial charge in [0.25, 0.3) is 5.91 Å². The van der Waals surface area contributed by atoms with Crippen molar-refractivity contribution in [3.8, 4) is 0 Å². The number of carbonyl (C=O) groups is 2. The zero-order valence-electron chi connectivity index (χ0n) is 10.4. The van der Waals surface area contributed by atoms with E-state index in [1.165, 1.54) is 11.3 Å². The molecule has 9 heteroatoms. The highest BCUT2D eigenvalue weighted by molar-refractivity contribution is 7.18. The first-order valence-electron chi connectivity index (χ1n) is 6.13. The Morgan fingerprint density at radius 3 is 2.95 bits per heavy atom. The van der Waals surface area contributed by atoms with E-state index in [0.29, 0.717) is 15.7 Å². The summed E-state index contributed by atoms with van der Waals surface area (Å²) >= 11 is 1.24. The van der Waals surface area contributed by atoms with Crippen molar-refractivity contribution in [1.29, 1.82) is 0 Å². The Kier molecular flexibility index (Phi) is 3.42. The fraction of sp³-hybridized carbons (Fsp3) is 0.364. The van der Waals surface area contributed by atoms with Crippen LogP contribution in [0.1, 0.15) is 28.3 Å². The second-order valence-electron chi connectivity index (χ2n) is 4.44. The fourth-order valence-electron chi connectivity index (χ4n) is 1.60. The Balaban J connectivity index is 1.55. The summed E-state index contributed by atoms with van der Waals surface area (Å²) in [4.78, 5) is 24.0. The van der Waals surface area contributed by atoms with Crippen LogP contribution >= 0.6 is 11.3 Å². The van der Waals surface area contributed by atoms with Crippen LogP contribution in [0.25, 0.3) is 0 Å². The van der Waals surface area contributed by atoms with Crippen LogP contribution in [0.5, 0.6) is 0 Å². The number of H-pyrrole nitrogens is 1. The number of hydrogen-bond acceptors (Lipinski definition) is 6.